The fourth-order valence-electron chi connectivity index (χ4n) is 1.82. The lowest BCUT2D eigenvalue weighted by molar-refractivity contribution is 0.628. The van der Waals surface area contributed by atoms with Crippen LogP contribution in [-0.4, -0.2) is 9.59 Å². The highest BCUT2D eigenvalue weighted by Gasteiger charge is 2.12. The van der Waals surface area contributed by atoms with Crippen molar-refractivity contribution < 1.29 is 4.39 Å². The van der Waals surface area contributed by atoms with Crippen molar-refractivity contribution in [2.75, 3.05) is 0 Å². The molecule has 0 N–H and O–H groups in total. The highest BCUT2D eigenvalue weighted by Crippen LogP contribution is 2.37. The summed E-state index contributed by atoms with van der Waals surface area (Å²) in [6.07, 6.45) is 0. The Hall–Kier alpha value is -1.72. The first kappa shape index (κ1) is 13.3. The molecule has 3 rings (SSSR count). The highest BCUT2D eigenvalue weighted by atomic mass is 32.2. The standard InChI is InChI=1S/C15H11FN2S2/c1-10-3-2-4-13(9-10)19-15-14(17-18-20-15)11-5-7-12(16)8-6-11/h2-9H,1H3. The molecule has 0 spiro atoms. The van der Waals surface area contributed by atoms with Gasteiger partial charge in [0.25, 0.3) is 0 Å². The zero-order valence-corrected chi connectivity index (χ0v) is 12.3. The van der Waals surface area contributed by atoms with E-state index in [1.54, 1.807) is 23.9 Å². The molecule has 0 atom stereocenters. The summed E-state index contributed by atoms with van der Waals surface area (Å²) in [5, 5.41) is 4.16. The minimum atomic E-state index is -0.246. The first-order valence-electron chi connectivity index (χ1n) is 6.05. The number of nitrogens with zero attached hydrogens (tertiary/aromatic N) is 2. The van der Waals surface area contributed by atoms with Gasteiger partial charge in [0, 0.05) is 10.5 Å². The van der Waals surface area contributed by atoms with Gasteiger partial charge in [-0.05, 0) is 54.9 Å². The van der Waals surface area contributed by atoms with Gasteiger partial charge in [-0.1, -0.05) is 33.9 Å². The van der Waals surface area contributed by atoms with E-state index in [4.69, 9.17) is 0 Å². The molecule has 0 aliphatic carbocycles. The van der Waals surface area contributed by atoms with E-state index in [1.807, 2.05) is 6.07 Å². The molecular weight excluding hydrogens is 291 g/mol. The van der Waals surface area contributed by atoms with Crippen molar-refractivity contribution >= 4 is 23.3 Å². The maximum absolute atomic E-state index is 13.0. The van der Waals surface area contributed by atoms with E-state index in [1.165, 1.54) is 29.2 Å². The van der Waals surface area contributed by atoms with Crippen LogP contribution in [0.2, 0.25) is 0 Å². The predicted molar refractivity (Wildman–Crippen MR) is 80.6 cm³/mol. The minimum Gasteiger partial charge on any atom is -0.207 e. The molecule has 0 saturated carbocycles. The van der Waals surface area contributed by atoms with Crippen LogP contribution in [-0.2, 0) is 0 Å². The highest BCUT2D eigenvalue weighted by molar-refractivity contribution is 8.01. The average Bonchev–Trinajstić information content (AvgIpc) is 2.88. The van der Waals surface area contributed by atoms with E-state index < -0.39 is 0 Å². The molecule has 0 saturated heterocycles. The van der Waals surface area contributed by atoms with E-state index in [-0.39, 0.29) is 5.82 Å². The Morgan fingerprint density at radius 2 is 1.90 bits per heavy atom. The first-order chi connectivity index (χ1) is 9.72. The number of halogens is 1. The summed E-state index contributed by atoms with van der Waals surface area (Å²) in [5.74, 6) is -0.246. The van der Waals surface area contributed by atoms with Gasteiger partial charge in [-0.3, -0.25) is 0 Å². The van der Waals surface area contributed by atoms with Crippen molar-refractivity contribution in [3.63, 3.8) is 0 Å². The quantitative estimate of drug-likeness (QED) is 0.694. The van der Waals surface area contributed by atoms with Gasteiger partial charge < -0.3 is 0 Å². The Balaban J connectivity index is 1.92. The van der Waals surface area contributed by atoms with Crippen molar-refractivity contribution in [2.45, 2.75) is 16.0 Å². The summed E-state index contributed by atoms with van der Waals surface area (Å²) in [6.45, 7) is 2.07. The number of rotatable bonds is 3. The van der Waals surface area contributed by atoms with Crippen LogP contribution in [0.4, 0.5) is 4.39 Å². The van der Waals surface area contributed by atoms with Crippen LogP contribution < -0.4 is 0 Å². The molecule has 100 valence electrons. The van der Waals surface area contributed by atoms with Crippen LogP contribution in [0.25, 0.3) is 11.3 Å². The normalized spacial score (nSPS) is 10.7. The maximum Gasteiger partial charge on any atom is 0.123 e. The third kappa shape index (κ3) is 2.89. The summed E-state index contributed by atoms with van der Waals surface area (Å²) in [4.78, 5) is 1.15. The number of aromatic nitrogens is 2. The molecule has 0 bridgehead atoms. The monoisotopic (exact) mass is 302 g/mol. The first-order valence-corrected chi connectivity index (χ1v) is 7.64. The molecule has 3 aromatic rings. The Labute approximate surface area is 124 Å². The molecule has 5 heteroatoms. The second-order valence-corrected chi connectivity index (χ2v) is 6.43. The summed E-state index contributed by atoms with van der Waals surface area (Å²) in [6, 6.07) is 14.6. The Morgan fingerprint density at radius 3 is 2.65 bits per heavy atom. The van der Waals surface area contributed by atoms with Gasteiger partial charge in [-0.25, -0.2) is 4.39 Å². The van der Waals surface area contributed by atoms with Gasteiger partial charge in [0.1, 0.15) is 15.7 Å². The molecule has 20 heavy (non-hydrogen) atoms. The summed E-state index contributed by atoms with van der Waals surface area (Å²) in [7, 11) is 0. The molecule has 2 aromatic carbocycles. The minimum absolute atomic E-state index is 0.246. The van der Waals surface area contributed by atoms with Crippen molar-refractivity contribution in [3.05, 3.63) is 59.9 Å². The average molecular weight is 302 g/mol. The molecular formula is C15H11FN2S2. The van der Waals surface area contributed by atoms with Gasteiger partial charge in [0.15, 0.2) is 0 Å². The lowest BCUT2D eigenvalue weighted by Gasteiger charge is -2.02. The Bertz CT molecular complexity index is 723. The van der Waals surface area contributed by atoms with E-state index in [9.17, 15) is 4.39 Å². The summed E-state index contributed by atoms with van der Waals surface area (Å²) in [5.41, 5.74) is 2.91. The molecule has 0 aliphatic heterocycles. The fourth-order valence-corrected chi connectivity index (χ4v) is 3.66. The van der Waals surface area contributed by atoms with Crippen molar-refractivity contribution in [3.8, 4) is 11.3 Å². The van der Waals surface area contributed by atoms with E-state index in [2.05, 4.69) is 34.7 Å². The fraction of sp³-hybridized carbons (Fsp3) is 0.0667. The lowest BCUT2D eigenvalue weighted by atomic mass is 10.2. The van der Waals surface area contributed by atoms with Gasteiger partial charge >= 0.3 is 0 Å². The van der Waals surface area contributed by atoms with E-state index >= 15 is 0 Å². The van der Waals surface area contributed by atoms with Crippen LogP contribution in [0, 0.1) is 12.7 Å². The van der Waals surface area contributed by atoms with Crippen molar-refractivity contribution in [1.29, 1.82) is 0 Å². The van der Waals surface area contributed by atoms with Crippen molar-refractivity contribution in [2.24, 2.45) is 0 Å². The number of aryl methyl sites for hydroxylation is 1. The summed E-state index contributed by atoms with van der Waals surface area (Å²) < 4.78 is 18.0. The number of hydrogen-bond donors (Lipinski definition) is 0. The van der Waals surface area contributed by atoms with Crippen LogP contribution in [0.1, 0.15) is 5.56 Å². The van der Waals surface area contributed by atoms with Crippen LogP contribution in [0.5, 0.6) is 0 Å². The second-order valence-electron chi connectivity index (χ2n) is 4.33. The van der Waals surface area contributed by atoms with Gasteiger partial charge in [0.05, 0.1) is 0 Å². The zero-order valence-electron chi connectivity index (χ0n) is 10.7. The Kier molecular flexibility index (Phi) is 3.80. The third-order valence-electron chi connectivity index (χ3n) is 2.78. The molecule has 0 radical (unpaired) electrons. The van der Waals surface area contributed by atoms with Gasteiger partial charge in [-0.15, -0.1) is 5.10 Å². The topological polar surface area (TPSA) is 25.8 Å². The van der Waals surface area contributed by atoms with Crippen LogP contribution in [0.15, 0.2) is 57.6 Å². The van der Waals surface area contributed by atoms with Gasteiger partial charge in [-0.2, -0.15) is 0 Å². The van der Waals surface area contributed by atoms with Crippen molar-refractivity contribution in [1.82, 2.24) is 9.59 Å². The molecule has 2 nitrogen and oxygen atoms in total. The molecule has 0 fully saturated rings. The van der Waals surface area contributed by atoms with E-state index in [0.29, 0.717) is 0 Å². The summed E-state index contributed by atoms with van der Waals surface area (Å²) >= 11 is 2.99. The maximum atomic E-state index is 13.0. The molecule has 0 amide bonds. The number of hydrogen-bond acceptors (Lipinski definition) is 4. The third-order valence-corrected chi connectivity index (χ3v) is 4.64. The smallest absolute Gasteiger partial charge is 0.123 e. The predicted octanol–water partition coefficient (Wildman–Crippen LogP) is 4.80. The largest absolute Gasteiger partial charge is 0.207 e. The Morgan fingerprint density at radius 1 is 1.10 bits per heavy atom. The number of benzene rings is 2. The molecule has 0 aliphatic rings. The SMILES string of the molecule is Cc1cccc(Sc2snnc2-c2ccc(F)cc2)c1. The molecule has 0 unspecified atom stereocenters. The molecule has 1 heterocycles. The molecule has 1 aromatic heterocycles. The lowest BCUT2D eigenvalue weighted by Crippen LogP contribution is -1.82. The van der Waals surface area contributed by atoms with E-state index in [0.717, 1.165) is 20.4 Å². The van der Waals surface area contributed by atoms with Crippen LogP contribution in [0.3, 0.4) is 0 Å². The van der Waals surface area contributed by atoms with Crippen LogP contribution >= 0.6 is 23.3 Å². The second kappa shape index (κ2) is 5.73. The zero-order chi connectivity index (χ0) is 13.9. The van der Waals surface area contributed by atoms with Gasteiger partial charge in [0.2, 0.25) is 0 Å².